The van der Waals surface area contributed by atoms with E-state index in [0.717, 1.165) is 37.0 Å². The molecule has 0 bridgehead atoms. The molecule has 19 heavy (non-hydrogen) atoms. The van der Waals surface area contributed by atoms with E-state index in [2.05, 4.69) is 0 Å². The Labute approximate surface area is 123 Å². The molecule has 2 rings (SSSR count). The topological polar surface area (TPSA) is 63.4 Å². The highest BCUT2D eigenvalue weighted by Crippen LogP contribution is 2.32. The number of hydrogen-bond acceptors (Lipinski definition) is 4. The van der Waals surface area contributed by atoms with E-state index in [1.54, 1.807) is 16.4 Å². The van der Waals surface area contributed by atoms with Crippen LogP contribution in [0.2, 0.25) is 4.34 Å². The van der Waals surface area contributed by atoms with Crippen LogP contribution in [0.5, 0.6) is 0 Å². The maximum absolute atomic E-state index is 12.6. The minimum absolute atomic E-state index is 0.0654. The Hall–Kier alpha value is -0.140. The molecule has 0 atom stereocenters. The zero-order valence-electron chi connectivity index (χ0n) is 10.9. The first-order chi connectivity index (χ1) is 8.95. The summed E-state index contributed by atoms with van der Waals surface area (Å²) in [4.78, 5) is 0. The normalized spacial score (nSPS) is 24.8. The highest BCUT2D eigenvalue weighted by Gasteiger charge is 2.33. The first-order valence-corrected chi connectivity index (χ1v) is 9.11. The van der Waals surface area contributed by atoms with Gasteiger partial charge in [-0.2, -0.15) is 4.31 Å². The molecule has 0 saturated heterocycles. The van der Waals surface area contributed by atoms with Crippen molar-refractivity contribution in [1.29, 1.82) is 0 Å². The maximum atomic E-state index is 12.6. The van der Waals surface area contributed by atoms with Crippen LogP contribution in [0.4, 0.5) is 0 Å². The maximum Gasteiger partial charge on any atom is 0.252 e. The second kappa shape index (κ2) is 6.10. The van der Waals surface area contributed by atoms with Gasteiger partial charge in [0.25, 0.3) is 10.0 Å². The van der Waals surface area contributed by atoms with Gasteiger partial charge in [-0.25, -0.2) is 8.42 Å². The molecule has 108 valence electrons. The van der Waals surface area contributed by atoms with Crippen LogP contribution in [0.15, 0.2) is 16.3 Å². The molecule has 2 N–H and O–H groups in total. The van der Waals surface area contributed by atoms with Crippen molar-refractivity contribution in [3.05, 3.63) is 16.5 Å². The second-order valence-electron chi connectivity index (χ2n) is 4.84. The summed E-state index contributed by atoms with van der Waals surface area (Å²) >= 11 is 6.95. The Morgan fingerprint density at radius 1 is 1.37 bits per heavy atom. The van der Waals surface area contributed by atoms with E-state index in [1.807, 2.05) is 6.92 Å². The molecule has 0 radical (unpaired) electrons. The van der Waals surface area contributed by atoms with E-state index >= 15 is 0 Å². The van der Waals surface area contributed by atoms with Crippen LogP contribution < -0.4 is 5.73 Å². The Bertz CT molecular complexity index is 522. The highest BCUT2D eigenvalue weighted by molar-refractivity contribution is 7.91. The van der Waals surface area contributed by atoms with E-state index in [0.29, 0.717) is 15.1 Å². The van der Waals surface area contributed by atoms with Gasteiger partial charge in [0.1, 0.15) is 4.21 Å². The van der Waals surface area contributed by atoms with Gasteiger partial charge in [-0.15, -0.1) is 11.3 Å². The number of sulfonamides is 1. The molecule has 1 saturated carbocycles. The third-order valence-corrected chi connectivity index (χ3v) is 7.30. The molecule has 1 aliphatic rings. The summed E-state index contributed by atoms with van der Waals surface area (Å²) in [6, 6.07) is 3.49. The molecule has 0 aromatic carbocycles. The lowest BCUT2D eigenvalue weighted by atomic mass is 9.92. The van der Waals surface area contributed by atoms with Gasteiger partial charge in [0.15, 0.2) is 0 Å². The summed E-state index contributed by atoms with van der Waals surface area (Å²) in [5.41, 5.74) is 5.88. The quantitative estimate of drug-likeness (QED) is 0.927. The van der Waals surface area contributed by atoms with Crippen LogP contribution in [-0.2, 0) is 10.0 Å². The minimum atomic E-state index is -3.42. The van der Waals surface area contributed by atoms with Gasteiger partial charge in [-0.1, -0.05) is 18.5 Å². The van der Waals surface area contributed by atoms with Crippen LogP contribution in [0.25, 0.3) is 0 Å². The summed E-state index contributed by atoms with van der Waals surface area (Å²) in [5, 5.41) is 0. The van der Waals surface area contributed by atoms with Gasteiger partial charge in [-0.3, -0.25) is 0 Å². The molecule has 1 fully saturated rings. The average molecular weight is 323 g/mol. The van der Waals surface area contributed by atoms with E-state index < -0.39 is 10.0 Å². The Kier molecular flexibility index (Phi) is 4.89. The lowest BCUT2D eigenvalue weighted by Gasteiger charge is -2.34. The molecule has 1 aliphatic carbocycles. The Morgan fingerprint density at radius 2 is 2.00 bits per heavy atom. The lowest BCUT2D eigenvalue weighted by Crippen LogP contribution is -2.43. The monoisotopic (exact) mass is 322 g/mol. The molecular formula is C12H19ClN2O2S2. The van der Waals surface area contributed by atoms with Gasteiger partial charge in [0.2, 0.25) is 0 Å². The van der Waals surface area contributed by atoms with Crippen molar-refractivity contribution in [3.8, 4) is 0 Å². The summed E-state index contributed by atoms with van der Waals surface area (Å²) in [6.45, 7) is 2.36. The van der Waals surface area contributed by atoms with E-state index in [-0.39, 0.29) is 12.1 Å². The SMILES string of the molecule is CCN(C1CCC(N)CC1)S(=O)(=O)c1ccc(Cl)s1. The van der Waals surface area contributed by atoms with Crippen molar-refractivity contribution in [2.24, 2.45) is 5.73 Å². The fourth-order valence-electron chi connectivity index (χ4n) is 2.57. The second-order valence-corrected chi connectivity index (χ2v) is 8.67. The van der Waals surface area contributed by atoms with Crippen molar-refractivity contribution < 1.29 is 8.42 Å². The number of thiophene rings is 1. The number of nitrogens with zero attached hydrogens (tertiary/aromatic N) is 1. The molecule has 0 spiro atoms. The summed E-state index contributed by atoms with van der Waals surface area (Å²) in [5.74, 6) is 0. The summed E-state index contributed by atoms with van der Waals surface area (Å²) in [6.07, 6.45) is 3.46. The molecule has 7 heteroatoms. The van der Waals surface area contributed by atoms with Gasteiger partial charge in [-0.05, 0) is 37.8 Å². The molecule has 0 amide bonds. The van der Waals surface area contributed by atoms with Crippen LogP contribution in [0.3, 0.4) is 0 Å². The molecule has 1 aromatic heterocycles. The van der Waals surface area contributed by atoms with Crippen molar-refractivity contribution >= 4 is 33.0 Å². The van der Waals surface area contributed by atoms with E-state index in [9.17, 15) is 8.42 Å². The van der Waals surface area contributed by atoms with Crippen molar-refractivity contribution in [3.63, 3.8) is 0 Å². The fourth-order valence-corrected chi connectivity index (χ4v) is 5.87. The van der Waals surface area contributed by atoms with Crippen LogP contribution in [0, 0.1) is 0 Å². The van der Waals surface area contributed by atoms with Gasteiger partial charge in [0, 0.05) is 18.6 Å². The summed E-state index contributed by atoms with van der Waals surface area (Å²) in [7, 11) is -3.42. The van der Waals surface area contributed by atoms with Crippen molar-refractivity contribution in [2.45, 2.75) is 48.9 Å². The summed E-state index contributed by atoms with van der Waals surface area (Å²) < 4.78 is 27.6. The number of hydrogen-bond donors (Lipinski definition) is 1. The first-order valence-electron chi connectivity index (χ1n) is 6.48. The van der Waals surface area contributed by atoms with Gasteiger partial charge in [0.05, 0.1) is 4.34 Å². The Morgan fingerprint density at radius 3 is 2.47 bits per heavy atom. The zero-order chi connectivity index (χ0) is 14.0. The zero-order valence-corrected chi connectivity index (χ0v) is 13.3. The van der Waals surface area contributed by atoms with Gasteiger partial charge >= 0.3 is 0 Å². The number of nitrogens with two attached hydrogens (primary N) is 1. The highest BCUT2D eigenvalue weighted by atomic mass is 35.5. The van der Waals surface area contributed by atoms with Crippen LogP contribution >= 0.6 is 22.9 Å². The minimum Gasteiger partial charge on any atom is -0.328 e. The molecule has 1 aromatic rings. The Balaban J connectivity index is 2.21. The van der Waals surface area contributed by atoms with Gasteiger partial charge < -0.3 is 5.73 Å². The average Bonchev–Trinajstić information content (AvgIpc) is 2.80. The smallest absolute Gasteiger partial charge is 0.252 e. The molecule has 4 nitrogen and oxygen atoms in total. The van der Waals surface area contributed by atoms with E-state index in [4.69, 9.17) is 17.3 Å². The predicted molar refractivity (Wildman–Crippen MR) is 79.1 cm³/mol. The van der Waals surface area contributed by atoms with Crippen LogP contribution in [0.1, 0.15) is 32.6 Å². The molecule has 1 heterocycles. The van der Waals surface area contributed by atoms with Crippen molar-refractivity contribution in [1.82, 2.24) is 4.31 Å². The fraction of sp³-hybridized carbons (Fsp3) is 0.667. The molecular weight excluding hydrogens is 304 g/mol. The largest absolute Gasteiger partial charge is 0.328 e. The first kappa shape index (κ1) is 15.3. The third kappa shape index (κ3) is 3.31. The lowest BCUT2D eigenvalue weighted by molar-refractivity contribution is 0.247. The predicted octanol–water partition coefficient (Wildman–Crippen LogP) is 2.68. The molecule has 0 aliphatic heterocycles. The standard InChI is InChI=1S/C12H19ClN2O2S2/c1-2-15(10-5-3-9(14)4-6-10)19(16,17)12-8-7-11(13)18-12/h7-10H,2-6,14H2,1H3. The van der Waals surface area contributed by atoms with Crippen LogP contribution in [-0.4, -0.2) is 31.4 Å². The van der Waals surface area contributed by atoms with E-state index in [1.165, 1.54) is 0 Å². The number of rotatable bonds is 4. The van der Waals surface area contributed by atoms with Crippen molar-refractivity contribution in [2.75, 3.05) is 6.54 Å². The number of halogens is 1. The third-order valence-electron chi connectivity index (χ3n) is 3.57. The molecule has 0 unspecified atom stereocenters.